The van der Waals surface area contributed by atoms with E-state index in [1.807, 2.05) is 24.3 Å². The van der Waals surface area contributed by atoms with Gasteiger partial charge in [0.15, 0.2) is 0 Å². The SMILES string of the molecule is O=C(O)C(Nc1ccc(Br)cc1)C1CCOC1. The zero-order valence-electron chi connectivity index (χ0n) is 9.23. The molecule has 0 amide bonds. The van der Waals surface area contributed by atoms with Crippen LogP contribution in [0.2, 0.25) is 0 Å². The van der Waals surface area contributed by atoms with Crippen molar-refractivity contribution >= 4 is 27.6 Å². The van der Waals surface area contributed by atoms with Crippen molar-refractivity contribution in [2.24, 2.45) is 5.92 Å². The number of rotatable bonds is 4. The first-order valence-electron chi connectivity index (χ1n) is 5.49. The molecule has 1 aromatic carbocycles. The quantitative estimate of drug-likeness (QED) is 0.896. The van der Waals surface area contributed by atoms with Crippen LogP contribution < -0.4 is 5.32 Å². The van der Waals surface area contributed by atoms with Crippen LogP contribution in [0.15, 0.2) is 28.7 Å². The lowest BCUT2D eigenvalue weighted by Crippen LogP contribution is -2.37. The van der Waals surface area contributed by atoms with Crippen molar-refractivity contribution < 1.29 is 14.6 Å². The number of nitrogens with one attached hydrogen (secondary N) is 1. The number of carbonyl (C=O) groups is 1. The van der Waals surface area contributed by atoms with Gasteiger partial charge in [0.25, 0.3) is 0 Å². The smallest absolute Gasteiger partial charge is 0.326 e. The number of anilines is 1. The number of ether oxygens (including phenoxy) is 1. The lowest BCUT2D eigenvalue weighted by atomic mass is 9.99. The average molecular weight is 300 g/mol. The topological polar surface area (TPSA) is 58.6 Å². The molecule has 0 bridgehead atoms. The molecular weight excluding hydrogens is 286 g/mol. The maximum Gasteiger partial charge on any atom is 0.326 e. The number of halogens is 1. The summed E-state index contributed by atoms with van der Waals surface area (Å²) in [6.07, 6.45) is 0.792. The van der Waals surface area contributed by atoms with Gasteiger partial charge in [-0.1, -0.05) is 15.9 Å². The highest BCUT2D eigenvalue weighted by atomic mass is 79.9. The van der Waals surface area contributed by atoms with E-state index in [1.165, 1.54) is 0 Å². The molecule has 1 fully saturated rings. The van der Waals surface area contributed by atoms with Gasteiger partial charge >= 0.3 is 5.97 Å². The van der Waals surface area contributed by atoms with Crippen LogP contribution in [-0.2, 0) is 9.53 Å². The third kappa shape index (κ3) is 3.20. The molecule has 0 spiro atoms. The molecule has 92 valence electrons. The molecule has 1 aliphatic heterocycles. The molecule has 2 unspecified atom stereocenters. The first kappa shape index (κ1) is 12.4. The zero-order chi connectivity index (χ0) is 12.3. The summed E-state index contributed by atoms with van der Waals surface area (Å²) in [6.45, 7) is 1.16. The molecule has 0 aromatic heterocycles. The number of hydrogen-bond acceptors (Lipinski definition) is 3. The fourth-order valence-electron chi connectivity index (χ4n) is 1.92. The molecule has 2 atom stereocenters. The van der Waals surface area contributed by atoms with E-state index in [9.17, 15) is 9.90 Å². The molecule has 0 radical (unpaired) electrons. The minimum Gasteiger partial charge on any atom is -0.480 e. The molecule has 1 saturated heterocycles. The van der Waals surface area contributed by atoms with Crippen LogP contribution >= 0.6 is 15.9 Å². The Morgan fingerprint density at radius 1 is 1.47 bits per heavy atom. The van der Waals surface area contributed by atoms with Crippen LogP contribution in [-0.4, -0.2) is 30.3 Å². The van der Waals surface area contributed by atoms with Gasteiger partial charge in [-0.2, -0.15) is 0 Å². The summed E-state index contributed by atoms with van der Waals surface area (Å²) in [5.74, 6) is -0.792. The minimum atomic E-state index is -0.830. The van der Waals surface area contributed by atoms with Crippen LogP contribution in [0.1, 0.15) is 6.42 Å². The number of carboxylic acid groups (broad SMARTS) is 1. The minimum absolute atomic E-state index is 0.0381. The molecule has 1 heterocycles. The Morgan fingerprint density at radius 2 is 2.18 bits per heavy atom. The Bertz CT molecular complexity index is 387. The Labute approximate surface area is 108 Å². The lowest BCUT2D eigenvalue weighted by Gasteiger charge is -2.20. The van der Waals surface area contributed by atoms with E-state index in [1.54, 1.807) is 0 Å². The second-order valence-electron chi connectivity index (χ2n) is 4.09. The highest BCUT2D eigenvalue weighted by Crippen LogP contribution is 2.22. The molecule has 5 heteroatoms. The van der Waals surface area contributed by atoms with Crippen molar-refractivity contribution in [2.75, 3.05) is 18.5 Å². The van der Waals surface area contributed by atoms with Crippen molar-refractivity contribution in [1.82, 2.24) is 0 Å². The standard InChI is InChI=1S/C12H14BrNO3/c13-9-1-3-10(4-2-9)14-11(12(15)16)8-5-6-17-7-8/h1-4,8,11,14H,5-7H2,(H,15,16). The Hall–Kier alpha value is -1.07. The molecule has 1 aromatic rings. The highest BCUT2D eigenvalue weighted by Gasteiger charge is 2.31. The van der Waals surface area contributed by atoms with E-state index in [0.29, 0.717) is 13.2 Å². The van der Waals surface area contributed by atoms with E-state index in [4.69, 9.17) is 4.74 Å². The van der Waals surface area contributed by atoms with Crippen LogP contribution in [0.5, 0.6) is 0 Å². The predicted octanol–water partition coefficient (Wildman–Crippen LogP) is 2.35. The van der Waals surface area contributed by atoms with Gasteiger partial charge in [-0.15, -0.1) is 0 Å². The molecule has 17 heavy (non-hydrogen) atoms. The molecule has 4 nitrogen and oxygen atoms in total. The third-order valence-electron chi connectivity index (χ3n) is 2.87. The van der Waals surface area contributed by atoms with Gasteiger partial charge in [0.2, 0.25) is 0 Å². The Kier molecular flexibility index (Phi) is 4.02. The van der Waals surface area contributed by atoms with E-state index in [2.05, 4.69) is 21.2 Å². The van der Waals surface area contributed by atoms with Gasteiger partial charge in [0.1, 0.15) is 6.04 Å². The highest BCUT2D eigenvalue weighted by molar-refractivity contribution is 9.10. The average Bonchev–Trinajstić information content (AvgIpc) is 2.81. The summed E-state index contributed by atoms with van der Waals surface area (Å²) < 4.78 is 6.21. The van der Waals surface area contributed by atoms with Gasteiger partial charge in [-0.05, 0) is 30.7 Å². The van der Waals surface area contributed by atoms with Crippen molar-refractivity contribution in [3.8, 4) is 0 Å². The lowest BCUT2D eigenvalue weighted by molar-refractivity contribution is -0.139. The molecule has 2 rings (SSSR count). The largest absolute Gasteiger partial charge is 0.480 e. The summed E-state index contributed by atoms with van der Waals surface area (Å²) >= 11 is 3.34. The monoisotopic (exact) mass is 299 g/mol. The fourth-order valence-corrected chi connectivity index (χ4v) is 2.19. The van der Waals surface area contributed by atoms with E-state index in [0.717, 1.165) is 16.6 Å². The predicted molar refractivity (Wildman–Crippen MR) is 68.1 cm³/mol. The molecule has 0 aliphatic carbocycles. The summed E-state index contributed by atoms with van der Waals surface area (Å²) in [6, 6.07) is 6.89. The number of benzene rings is 1. The van der Waals surface area contributed by atoms with Gasteiger partial charge in [-0.3, -0.25) is 0 Å². The van der Waals surface area contributed by atoms with Gasteiger partial charge in [-0.25, -0.2) is 4.79 Å². The molecule has 0 saturated carbocycles. The number of aliphatic carboxylic acids is 1. The third-order valence-corrected chi connectivity index (χ3v) is 3.40. The van der Waals surface area contributed by atoms with Crippen LogP contribution in [0.4, 0.5) is 5.69 Å². The fraction of sp³-hybridized carbons (Fsp3) is 0.417. The first-order chi connectivity index (χ1) is 8.16. The van der Waals surface area contributed by atoms with Crippen LogP contribution in [0.25, 0.3) is 0 Å². The van der Waals surface area contributed by atoms with E-state index < -0.39 is 12.0 Å². The molecule has 1 aliphatic rings. The maximum atomic E-state index is 11.2. The van der Waals surface area contributed by atoms with Gasteiger partial charge in [0.05, 0.1) is 6.61 Å². The van der Waals surface area contributed by atoms with Gasteiger partial charge < -0.3 is 15.2 Å². The second kappa shape index (κ2) is 5.51. The van der Waals surface area contributed by atoms with Gasteiger partial charge in [0, 0.05) is 22.7 Å². The van der Waals surface area contributed by atoms with Crippen molar-refractivity contribution in [2.45, 2.75) is 12.5 Å². The van der Waals surface area contributed by atoms with Crippen LogP contribution in [0.3, 0.4) is 0 Å². The van der Waals surface area contributed by atoms with Crippen LogP contribution in [0, 0.1) is 5.92 Å². The molecule has 2 N–H and O–H groups in total. The number of hydrogen-bond donors (Lipinski definition) is 2. The Balaban J connectivity index is 2.06. The zero-order valence-corrected chi connectivity index (χ0v) is 10.8. The van der Waals surface area contributed by atoms with Crippen molar-refractivity contribution in [3.63, 3.8) is 0 Å². The second-order valence-corrected chi connectivity index (χ2v) is 5.01. The Morgan fingerprint density at radius 3 is 2.71 bits per heavy atom. The van der Waals surface area contributed by atoms with Crippen molar-refractivity contribution in [3.05, 3.63) is 28.7 Å². The molecular formula is C12H14BrNO3. The van der Waals surface area contributed by atoms with E-state index in [-0.39, 0.29) is 5.92 Å². The summed E-state index contributed by atoms with van der Waals surface area (Å²) in [4.78, 5) is 11.2. The summed E-state index contributed by atoms with van der Waals surface area (Å²) in [7, 11) is 0. The normalized spacial score (nSPS) is 21.1. The summed E-state index contributed by atoms with van der Waals surface area (Å²) in [5.41, 5.74) is 0.813. The first-order valence-corrected chi connectivity index (χ1v) is 6.29. The summed E-state index contributed by atoms with van der Waals surface area (Å²) in [5, 5.41) is 12.3. The van der Waals surface area contributed by atoms with Crippen molar-refractivity contribution in [1.29, 1.82) is 0 Å². The van der Waals surface area contributed by atoms with E-state index >= 15 is 0 Å². The maximum absolute atomic E-state index is 11.2. The number of carboxylic acids is 1.